The van der Waals surface area contributed by atoms with Gasteiger partial charge in [-0.15, -0.1) is 0 Å². The van der Waals surface area contributed by atoms with Crippen LogP contribution in [0.4, 0.5) is 0 Å². The zero-order valence-electron chi connectivity index (χ0n) is 24.3. The Kier molecular flexibility index (Phi) is 8.01. The third-order valence-corrected chi connectivity index (χ3v) is 12.5. The highest BCUT2D eigenvalue weighted by atomic mass is 16.5. The van der Waals surface area contributed by atoms with E-state index in [9.17, 15) is 4.79 Å². The van der Waals surface area contributed by atoms with Crippen molar-refractivity contribution in [3.05, 3.63) is 12.2 Å². The molecule has 4 fully saturated rings. The van der Waals surface area contributed by atoms with Gasteiger partial charge in [0, 0.05) is 0 Å². The van der Waals surface area contributed by atoms with Crippen molar-refractivity contribution in [3.63, 3.8) is 0 Å². The monoisotopic (exact) mass is 496 g/mol. The molecule has 0 saturated heterocycles. The highest BCUT2D eigenvalue weighted by Crippen LogP contribution is 2.67. The van der Waals surface area contributed by atoms with Crippen LogP contribution in [0.1, 0.15) is 131 Å². The van der Waals surface area contributed by atoms with Crippen molar-refractivity contribution in [3.8, 4) is 0 Å². The Morgan fingerprint density at radius 1 is 0.861 bits per heavy atom. The molecule has 204 valence electrons. The lowest BCUT2D eigenvalue weighted by Crippen LogP contribution is -2.52. The van der Waals surface area contributed by atoms with E-state index in [1.54, 1.807) is 0 Å². The highest BCUT2D eigenvalue weighted by Gasteiger charge is 2.59. The van der Waals surface area contributed by atoms with E-state index in [4.69, 9.17) is 4.74 Å². The van der Waals surface area contributed by atoms with Crippen molar-refractivity contribution >= 4 is 5.97 Å². The molecule has 4 saturated carbocycles. The zero-order chi connectivity index (χ0) is 25.5. The highest BCUT2D eigenvalue weighted by molar-refractivity contribution is 5.72. The van der Waals surface area contributed by atoms with E-state index in [0.717, 1.165) is 61.2 Å². The smallest absolute Gasteiger partial charge is 0.309 e. The molecule has 0 aromatic heterocycles. The van der Waals surface area contributed by atoms with Gasteiger partial charge >= 0.3 is 5.97 Å². The van der Waals surface area contributed by atoms with Gasteiger partial charge in [0.2, 0.25) is 0 Å². The SMILES string of the molecule is CC(C)CCC[C@H](C)[C@@H]1CC[C@H]2[C@H]3C=C[C@H]4C[C@@H](OC(=O)C5CCCCC5)CC[C@]4(C)[C@@H]3CC[C@@]21C. The molecule has 0 amide bonds. The Morgan fingerprint density at radius 2 is 1.58 bits per heavy atom. The number of carbonyl (C=O) groups is 1. The molecule has 9 atom stereocenters. The van der Waals surface area contributed by atoms with E-state index in [1.165, 1.54) is 70.6 Å². The van der Waals surface area contributed by atoms with Crippen LogP contribution in [0.25, 0.3) is 0 Å². The van der Waals surface area contributed by atoms with Gasteiger partial charge in [-0.3, -0.25) is 4.79 Å². The average molecular weight is 497 g/mol. The minimum absolute atomic E-state index is 0.119. The van der Waals surface area contributed by atoms with Gasteiger partial charge in [-0.25, -0.2) is 0 Å². The molecule has 0 aliphatic heterocycles. The van der Waals surface area contributed by atoms with Crippen LogP contribution in [0.15, 0.2) is 12.2 Å². The van der Waals surface area contributed by atoms with Crippen LogP contribution in [0.5, 0.6) is 0 Å². The summed E-state index contributed by atoms with van der Waals surface area (Å²) < 4.78 is 6.16. The van der Waals surface area contributed by atoms with Crippen molar-refractivity contribution in [2.45, 2.75) is 137 Å². The van der Waals surface area contributed by atoms with Crippen LogP contribution in [-0.4, -0.2) is 12.1 Å². The third kappa shape index (κ3) is 4.98. The van der Waals surface area contributed by atoms with Crippen LogP contribution in [0.3, 0.4) is 0 Å². The zero-order valence-corrected chi connectivity index (χ0v) is 24.3. The molecule has 2 heteroatoms. The lowest BCUT2D eigenvalue weighted by molar-refractivity contribution is -0.161. The molecule has 36 heavy (non-hydrogen) atoms. The molecule has 0 bridgehead atoms. The first kappa shape index (κ1) is 26.8. The van der Waals surface area contributed by atoms with Gasteiger partial charge in [-0.2, -0.15) is 0 Å². The number of allylic oxidation sites excluding steroid dienone is 2. The van der Waals surface area contributed by atoms with Gasteiger partial charge in [0.05, 0.1) is 5.92 Å². The fraction of sp³-hybridized carbons (Fsp3) is 0.912. The first-order chi connectivity index (χ1) is 17.2. The van der Waals surface area contributed by atoms with E-state index in [-0.39, 0.29) is 18.0 Å². The summed E-state index contributed by atoms with van der Waals surface area (Å²) in [5, 5.41) is 0. The molecular weight excluding hydrogens is 440 g/mol. The first-order valence-corrected chi connectivity index (χ1v) is 16.1. The molecule has 0 radical (unpaired) electrons. The molecular formula is C34H56O2. The average Bonchev–Trinajstić information content (AvgIpc) is 3.22. The number of esters is 1. The van der Waals surface area contributed by atoms with E-state index in [2.05, 4.69) is 46.8 Å². The van der Waals surface area contributed by atoms with Crippen molar-refractivity contribution in [2.75, 3.05) is 0 Å². The lowest BCUT2D eigenvalue weighted by Gasteiger charge is -2.59. The van der Waals surface area contributed by atoms with Crippen LogP contribution in [-0.2, 0) is 9.53 Å². The lowest BCUT2D eigenvalue weighted by atomic mass is 9.46. The van der Waals surface area contributed by atoms with Crippen molar-refractivity contribution in [2.24, 2.45) is 58.2 Å². The molecule has 0 spiro atoms. The Balaban J connectivity index is 1.23. The second-order valence-corrected chi connectivity index (χ2v) is 15.0. The summed E-state index contributed by atoms with van der Waals surface area (Å²) in [7, 11) is 0. The van der Waals surface area contributed by atoms with Crippen LogP contribution in [0, 0.1) is 58.2 Å². The number of carbonyl (C=O) groups excluding carboxylic acids is 1. The largest absolute Gasteiger partial charge is 0.462 e. The van der Waals surface area contributed by atoms with Crippen LogP contribution < -0.4 is 0 Å². The molecule has 0 unspecified atom stereocenters. The normalized spacial score (nSPS) is 43.5. The molecule has 2 nitrogen and oxygen atoms in total. The summed E-state index contributed by atoms with van der Waals surface area (Å²) in [4.78, 5) is 12.8. The molecule has 0 N–H and O–H groups in total. The maximum atomic E-state index is 12.8. The van der Waals surface area contributed by atoms with Gasteiger partial charge in [0.1, 0.15) is 6.10 Å². The fourth-order valence-electron chi connectivity index (χ4n) is 10.3. The summed E-state index contributed by atoms with van der Waals surface area (Å²) >= 11 is 0. The summed E-state index contributed by atoms with van der Waals surface area (Å²) in [6, 6.07) is 0. The molecule has 5 aliphatic carbocycles. The first-order valence-electron chi connectivity index (χ1n) is 16.1. The molecule has 5 rings (SSSR count). The van der Waals surface area contributed by atoms with E-state index in [1.807, 2.05) is 0 Å². The van der Waals surface area contributed by atoms with Crippen molar-refractivity contribution in [1.29, 1.82) is 0 Å². The number of rotatable bonds is 7. The van der Waals surface area contributed by atoms with Crippen molar-refractivity contribution in [1.82, 2.24) is 0 Å². The van der Waals surface area contributed by atoms with E-state index in [0.29, 0.717) is 16.7 Å². The predicted molar refractivity (Wildman–Crippen MR) is 149 cm³/mol. The number of ether oxygens (including phenoxy) is 1. The maximum Gasteiger partial charge on any atom is 0.309 e. The fourth-order valence-corrected chi connectivity index (χ4v) is 10.3. The quantitative estimate of drug-likeness (QED) is 0.259. The Bertz CT molecular complexity index is 793. The topological polar surface area (TPSA) is 26.3 Å². The molecule has 5 aliphatic rings. The molecule has 0 aromatic rings. The third-order valence-electron chi connectivity index (χ3n) is 12.5. The van der Waals surface area contributed by atoms with Gasteiger partial charge < -0.3 is 4.74 Å². The summed E-state index contributed by atoms with van der Waals surface area (Å²) in [6.45, 7) is 12.6. The van der Waals surface area contributed by atoms with Gasteiger partial charge in [0.15, 0.2) is 0 Å². The standard InChI is InChI=1S/C34H56O2/c1-23(2)10-9-11-24(3)29-16-17-30-28-15-14-26-22-27(36-32(35)25-12-7-6-8-13-25)18-20-33(26,4)31(28)19-21-34(29,30)5/h14-15,23-31H,6-13,16-22H2,1-5H3/t24-,26-,27-,28+,29-,30-,31+,33-,34+/m0/s1. The van der Waals surface area contributed by atoms with Crippen molar-refractivity contribution < 1.29 is 9.53 Å². The Hall–Kier alpha value is -0.790. The van der Waals surface area contributed by atoms with Gasteiger partial charge in [0.25, 0.3) is 0 Å². The molecule has 0 heterocycles. The number of hydrogen-bond donors (Lipinski definition) is 0. The van der Waals surface area contributed by atoms with E-state index >= 15 is 0 Å². The second-order valence-electron chi connectivity index (χ2n) is 15.0. The maximum absolute atomic E-state index is 12.8. The summed E-state index contributed by atoms with van der Waals surface area (Å²) in [5.74, 6) is 6.01. The van der Waals surface area contributed by atoms with Crippen LogP contribution >= 0.6 is 0 Å². The Labute approximate surface area is 222 Å². The predicted octanol–water partition coefficient (Wildman–Crippen LogP) is 9.38. The number of fused-ring (bicyclic) bond motifs is 5. The molecule has 0 aromatic carbocycles. The Morgan fingerprint density at radius 3 is 2.33 bits per heavy atom. The summed E-state index contributed by atoms with van der Waals surface area (Å²) in [5.41, 5.74) is 0.939. The minimum Gasteiger partial charge on any atom is -0.462 e. The number of hydrogen-bond acceptors (Lipinski definition) is 2. The summed E-state index contributed by atoms with van der Waals surface area (Å²) in [6.07, 6.45) is 24.6. The van der Waals surface area contributed by atoms with Gasteiger partial charge in [-0.05, 0) is 110 Å². The van der Waals surface area contributed by atoms with E-state index < -0.39 is 0 Å². The second kappa shape index (κ2) is 10.8. The van der Waals surface area contributed by atoms with Gasteiger partial charge in [-0.1, -0.05) is 85.3 Å². The van der Waals surface area contributed by atoms with Crippen LogP contribution in [0.2, 0.25) is 0 Å². The minimum atomic E-state index is 0.119.